The number of aromatic nitrogens is 1. The summed E-state index contributed by atoms with van der Waals surface area (Å²) in [4.78, 5) is 11.3. The molecule has 0 saturated heterocycles. The smallest absolute Gasteiger partial charge is 0.337 e. The topological polar surface area (TPSA) is 42.2 Å². The molecule has 0 saturated carbocycles. The average molecular weight is 291 g/mol. The van der Waals surface area contributed by atoms with Crippen molar-refractivity contribution in [2.75, 3.05) is 0 Å². The summed E-state index contributed by atoms with van der Waals surface area (Å²) in [6.07, 6.45) is 1.85. The molecule has 0 aliphatic heterocycles. The molecule has 3 aromatic rings. The Bertz CT molecular complexity index is 736. The van der Waals surface area contributed by atoms with Crippen LogP contribution in [0.3, 0.4) is 0 Å². The van der Waals surface area contributed by atoms with E-state index in [0.717, 1.165) is 16.8 Å². The van der Waals surface area contributed by atoms with Gasteiger partial charge in [0.15, 0.2) is 0 Å². The van der Waals surface area contributed by atoms with Crippen LogP contribution >= 0.6 is 0 Å². The second-order valence-corrected chi connectivity index (χ2v) is 5.25. The minimum atomic E-state index is -0.892. The van der Waals surface area contributed by atoms with Gasteiger partial charge < -0.3 is 9.67 Å². The first kappa shape index (κ1) is 14.1. The van der Waals surface area contributed by atoms with Gasteiger partial charge in [0, 0.05) is 11.9 Å². The number of rotatable bonds is 4. The molecule has 0 aliphatic carbocycles. The molecule has 3 nitrogen and oxygen atoms in total. The third kappa shape index (κ3) is 2.53. The molecular weight excluding hydrogens is 274 g/mol. The molecular formula is C19H17NO2. The Labute approximate surface area is 129 Å². The highest BCUT2D eigenvalue weighted by atomic mass is 16.4. The van der Waals surface area contributed by atoms with Gasteiger partial charge in [-0.2, -0.15) is 0 Å². The molecule has 1 heterocycles. The molecule has 0 fully saturated rings. The Hall–Kier alpha value is -2.81. The van der Waals surface area contributed by atoms with Crippen molar-refractivity contribution in [3.05, 3.63) is 95.3 Å². The van der Waals surface area contributed by atoms with Crippen molar-refractivity contribution >= 4 is 5.97 Å². The number of carboxylic acids is 1. The maximum atomic E-state index is 11.3. The van der Waals surface area contributed by atoms with Crippen molar-refractivity contribution in [1.82, 2.24) is 4.57 Å². The minimum absolute atomic E-state index is 0.0319. The van der Waals surface area contributed by atoms with Gasteiger partial charge in [-0.1, -0.05) is 60.7 Å². The third-order valence-corrected chi connectivity index (χ3v) is 3.92. The third-order valence-electron chi connectivity index (χ3n) is 3.92. The van der Waals surface area contributed by atoms with Crippen molar-refractivity contribution in [1.29, 1.82) is 0 Å². The Balaban J connectivity index is 2.17. The van der Waals surface area contributed by atoms with Gasteiger partial charge in [0.25, 0.3) is 0 Å². The van der Waals surface area contributed by atoms with Crippen molar-refractivity contribution in [2.45, 2.75) is 13.0 Å². The molecule has 0 amide bonds. The summed E-state index contributed by atoms with van der Waals surface area (Å²) >= 11 is 0. The molecule has 0 radical (unpaired) electrons. The van der Waals surface area contributed by atoms with Gasteiger partial charge in [0.05, 0.1) is 11.6 Å². The highest BCUT2D eigenvalue weighted by Gasteiger charge is 2.20. The second kappa shape index (κ2) is 5.90. The fourth-order valence-electron chi connectivity index (χ4n) is 2.82. The molecule has 3 heteroatoms. The van der Waals surface area contributed by atoms with Crippen molar-refractivity contribution < 1.29 is 9.90 Å². The SMILES string of the molecule is Cc1c(C(=O)O)ccn1C(c1ccccc1)c1ccccc1. The summed E-state index contributed by atoms with van der Waals surface area (Å²) in [5.41, 5.74) is 3.36. The number of carbonyl (C=O) groups is 1. The molecule has 0 bridgehead atoms. The first-order chi connectivity index (χ1) is 10.7. The van der Waals surface area contributed by atoms with Crippen molar-refractivity contribution in [3.63, 3.8) is 0 Å². The molecule has 1 aromatic heterocycles. The Morgan fingerprint density at radius 1 is 0.909 bits per heavy atom. The van der Waals surface area contributed by atoms with Gasteiger partial charge in [-0.3, -0.25) is 0 Å². The Morgan fingerprint density at radius 3 is 1.82 bits per heavy atom. The lowest BCUT2D eigenvalue weighted by molar-refractivity contribution is 0.0696. The number of carboxylic acid groups (broad SMARTS) is 1. The quantitative estimate of drug-likeness (QED) is 0.785. The fraction of sp³-hybridized carbons (Fsp3) is 0.105. The summed E-state index contributed by atoms with van der Waals surface area (Å²) in [7, 11) is 0. The number of aromatic carboxylic acids is 1. The van der Waals surface area contributed by atoms with Crippen LogP contribution in [-0.2, 0) is 0 Å². The van der Waals surface area contributed by atoms with E-state index in [9.17, 15) is 9.90 Å². The lowest BCUT2D eigenvalue weighted by Crippen LogP contribution is -2.13. The van der Waals surface area contributed by atoms with Crippen LogP contribution in [0.2, 0.25) is 0 Å². The Kier molecular flexibility index (Phi) is 3.79. The summed E-state index contributed by atoms with van der Waals surface area (Å²) in [6, 6.07) is 21.9. The zero-order valence-electron chi connectivity index (χ0n) is 12.3. The first-order valence-electron chi connectivity index (χ1n) is 7.19. The maximum absolute atomic E-state index is 11.3. The molecule has 0 atom stereocenters. The molecule has 110 valence electrons. The van der Waals surface area contributed by atoms with Gasteiger partial charge >= 0.3 is 5.97 Å². The highest BCUT2D eigenvalue weighted by molar-refractivity contribution is 5.89. The monoisotopic (exact) mass is 291 g/mol. The van der Waals surface area contributed by atoms with Crippen LogP contribution in [0, 0.1) is 6.92 Å². The van der Waals surface area contributed by atoms with E-state index in [4.69, 9.17) is 0 Å². The predicted octanol–water partition coefficient (Wildman–Crippen LogP) is 4.13. The van der Waals surface area contributed by atoms with E-state index < -0.39 is 5.97 Å². The molecule has 0 spiro atoms. The lowest BCUT2D eigenvalue weighted by atomic mass is 9.98. The van der Waals surface area contributed by atoms with Crippen LogP contribution in [0.25, 0.3) is 0 Å². The standard InChI is InChI=1S/C19H17NO2/c1-14-17(19(21)22)12-13-20(14)18(15-8-4-2-5-9-15)16-10-6-3-7-11-16/h2-13,18H,1H3,(H,21,22). The zero-order chi connectivity index (χ0) is 15.5. The van der Waals surface area contributed by atoms with E-state index in [1.807, 2.05) is 54.1 Å². The van der Waals surface area contributed by atoms with Crippen LogP contribution < -0.4 is 0 Å². The van der Waals surface area contributed by atoms with Gasteiger partial charge in [0.2, 0.25) is 0 Å². The summed E-state index contributed by atoms with van der Waals surface area (Å²) < 4.78 is 2.02. The number of nitrogens with zero attached hydrogens (tertiary/aromatic N) is 1. The minimum Gasteiger partial charge on any atom is -0.478 e. The molecule has 0 unspecified atom stereocenters. The van der Waals surface area contributed by atoms with Crippen LogP contribution in [0.4, 0.5) is 0 Å². The van der Waals surface area contributed by atoms with Crippen LogP contribution in [0.1, 0.15) is 33.2 Å². The first-order valence-corrected chi connectivity index (χ1v) is 7.19. The van der Waals surface area contributed by atoms with Gasteiger partial charge in [-0.15, -0.1) is 0 Å². The molecule has 1 N–H and O–H groups in total. The molecule has 22 heavy (non-hydrogen) atoms. The van der Waals surface area contributed by atoms with E-state index in [1.54, 1.807) is 6.07 Å². The predicted molar refractivity (Wildman–Crippen MR) is 86.3 cm³/mol. The van der Waals surface area contributed by atoms with Gasteiger partial charge in [-0.25, -0.2) is 4.79 Å². The van der Waals surface area contributed by atoms with E-state index in [2.05, 4.69) is 24.3 Å². The summed E-state index contributed by atoms with van der Waals surface area (Å²) in [5.74, 6) is -0.892. The van der Waals surface area contributed by atoms with Crippen LogP contribution in [0.15, 0.2) is 72.9 Å². The molecule has 3 rings (SSSR count). The normalized spacial score (nSPS) is 10.8. The number of hydrogen-bond donors (Lipinski definition) is 1. The Morgan fingerprint density at radius 2 is 1.41 bits per heavy atom. The second-order valence-electron chi connectivity index (χ2n) is 5.25. The summed E-state index contributed by atoms with van der Waals surface area (Å²) in [6.45, 7) is 1.85. The van der Waals surface area contributed by atoms with E-state index in [0.29, 0.717) is 5.56 Å². The number of hydrogen-bond acceptors (Lipinski definition) is 1. The summed E-state index contributed by atoms with van der Waals surface area (Å²) in [5, 5.41) is 9.29. The fourth-order valence-corrected chi connectivity index (χ4v) is 2.82. The maximum Gasteiger partial charge on any atom is 0.337 e. The highest BCUT2D eigenvalue weighted by Crippen LogP contribution is 2.29. The average Bonchev–Trinajstić information content (AvgIpc) is 2.92. The van der Waals surface area contributed by atoms with E-state index in [-0.39, 0.29) is 6.04 Å². The largest absolute Gasteiger partial charge is 0.478 e. The van der Waals surface area contributed by atoms with Crippen LogP contribution in [-0.4, -0.2) is 15.6 Å². The van der Waals surface area contributed by atoms with Gasteiger partial charge in [-0.05, 0) is 24.1 Å². The molecule has 2 aromatic carbocycles. The lowest BCUT2D eigenvalue weighted by Gasteiger charge is -2.22. The number of benzene rings is 2. The van der Waals surface area contributed by atoms with E-state index in [1.165, 1.54) is 0 Å². The van der Waals surface area contributed by atoms with Crippen molar-refractivity contribution in [3.8, 4) is 0 Å². The zero-order valence-corrected chi connectivity index (χ0v) is 12.3. The molecule has 0 aliphatic rings. The van der Waals surface area contributed by atoms with Crippen LogP contribution in [0.5, 0.6) is 0 Å². The van der Waals surface area contributed by atoms with E-state index >= 15 is 0 Å². The van der Waals surface area contributed by atoms with Gasteiger partial charge in [0.1, 0.15) is 0 Å². The van der Waals surface area contributed by atoms with Crippen molar-refractivity contribution in [2.24, 2.45) is 0 Å².